The topological polar surface area (TPSA) is 46.1 Å². The zero-order chi connectivity index (χ0) is 11.0. The minimum Gasteiger partial charge on any atom is -0.337 e. The molecule has 1 amide bonds. The van der Waals surface area contributed by atoms with Gasteiger partial charge in [-0.25, -0.2) is 4.98 Å². The molecule has 2 heterocycles. The van der Waals surface area contributed by atoms with Crippen LogP contribution in [0.1, 0.15) is 16.9 Å². The minimum atomic E-state index is -0.00972. The van der Waals surface area contributed by atoms with Crippen LogP contribution in [0.5, 0.6) is 0 Å². The molecule has 0 aliphatic carbocycles. The van der Waals surface area contributed by atoms with Gasteiger partial charge in [0, 0.05) is 13.1 Å². The van der Waals surface area contributed by atoms with E-state index < -0.39 is 0 Å². The van der Waals surface area contributed by atoms with Gasteiger partial charge >= 0.3 is 0 Å². The second kappa shape index (κ2) is 3.56. The molecule has 4 nitrogen and oxygen atoms in total. The maximum absolute atomic E-state index is 11.9. The maximum Gasteiger partial charge on any atom is 0.274 e. The van der Waals surface area contributed by atoms with Crippen LogP contribution in [0, 0.1) is 0 Å². The minimum absolute atomic E-state index is 0.00972. The van der Waals surface area contributed by atoms with E-state index in [1.807, 2.05) is 24.3 Å². The van der Waals surface area contributed by atoms with Crippen molar-refractivity contribution in [1.82, 2.24) is 14.9 Å². The quantitative estimate of drug-likeness (QED) is 0.720. The van der Waals surface area contributed by atoms with E-state index in [0.717, 1.165) is 30.5 Å². The number of nitrogens with zero attached hydrogens (tertiary/aromatic N) is 3. The van der Waals surface area contributed by atoms with Crippen molar-refractivity contribution in [3.05, 3.63) is 36.2 Å². The molecule has 1 aromatic carbocycles. The average molecular weight is 213 g/mol. The fourth-order valence-corrected chi connectivity index (χ4v) is 1.74. The molecule has 0 unspecified atom stereocenters. The highest BCUT2D eigenvalue weighted by Gasteiger charge is 2.22. The monoisotopic (exact) mass is 213 g/mol. The summed E-state index contributed by atoms with van der Waals surface area (Å²) in [6.07, 6.45) is 2.65. The van der Waals surface area contributed by atoms with Crippen LogP contribution in [0.4, 0.5) is 0 Å². The summed E-state index contributed by atoms with van der Waals surface area (Å²) in [5.74, 6) is -0.00972. The number of amides is 1. The molecule has 1 aliphatic rings. The molecule has 1 aliphatic heterocycles. The summed E-state index contributed by atoms with van der Waals surface area (Å²) in [7, 11) is 0. The molecule has 0 N–H and O–H groups in total. The van der Waals surface area contributed by atoms with E-state index in [-0.39, 0.29) is 5.91 Å². The number of benzene rings is 1. The third-order valence-corrected chi connectivity index (χ3v) is 2.81. The molecule has 4 heteroatoms. The average Bonchev–Trinajstić information content (AvgIpc) is 2.26. The highest BCUT2D eigenvalue weighted by Crippen LogP contribution is 2.13. The molecule has 1 fully saturated rings. The first-order valence-electron chi connectivity index (χ1n) is 5.36. The van der Waals surface area contributed by atoms with E-state index in [1.54, 1.807) is 11.1 Å². The highest BCUT2D eigenvalue weighted by molar-refractivity contribution is 5.94. The standard InChI is InChI=1S/C12H11N3O/c16-12(15-6-3-7-15)11-8-13-9-4-1-2-5-10(9)14-11/h1-2,4-5,8H,3,6-7H2. The van der Waals surface area contributed by atoms with E-state index >= 15 is 0 Å². The number of likely N-dealkylation sites (tertiary alicyclic amines) is 1. The van der Waals surface area contributed by atoms with E-state index in [9.17, 15) is 4.79 Å². The number of hydrogen-bond acceptors (Lipinski definition) is 3. The lowest BCUT2D eigenvalue weighted by Crippen LogP contribution is -2.42. The first-order chi connectivity index (χ1) is 7.84. The molecule has 0 spiro atoms. The number of hydrogen-bond donors (Lipinski definition) is 0. The Morgan fingerprint density at radius 2 is 1.94 bits per heavy atom. The van der Waals surface area contributed by atoms with Crippen LogP contribution in [-0.2, 0) is 0 Å². The van der Waals surface area contributed by atoms with Gasteiger partial charge < -0.3 is 4.90 Å². The van der Waals surface area contributed by atoms with Gasteiger partial charge in [0.1, 0.15) is 5.69 Å². The van der Waals surface area contributed by atoms with Gasteiger partial charge in [0.05, 0.1) is 17.2 Å². The molecule has 0 radical (unpaired) electrons. The van der Waals surface area contributed by atoms with Crippen molar-refractivity contribution >= 4 is 16.9 Å². The number of rotatable bonds is 1. The van der Waals surface area contributed by atoms with Crippen LogP contribution in [0.3, 0.4) is 0 Å². The maximum atomic E-state index is 11.9. The fourth-order valence-electron chi connectivity index (χ4n) is 1.74. The lowest BCUT2D eigenvalue weighted by molar-refractivity contribution is 0.0645. The summed E-state index contributed by atoms with van der Waals surface area (Å²) >= 11 is 0. The van der Waals surface area contributed by atoms with Crippen LogP contribution in [0.15, 0.2) is 30.5 Å². The van der Waals surface area contributed by atoms with Crippen molar-refractivity contribution in [2.45, 2.75) is 6.42 Å². The number of fused-ring (bicyclic) bond motifs is 1. The van der Waals surface area contributed by atoms with Gasteiger partial charge in [-0.15, -0.1) is 0 Å². The first kappa shape index (κ1) is 9.27. The third-order valence-electron chi connectivity index (χ3n) is 2.81. The summed E-state index contributed by atoms with van der Waals surface area (Å²) in [6, 6.07) is 7.57. The van der Waals surface area contributed by atoms with E-state index in [2.05, 4.69) is 9.97 Å². The second-order valence-corrected chi connectivity index (χ2v) is 3.89. The van der Waals surface area contributed by atoms with Crippen LogP contribution in [0.2, 0.25) is 0 Å². The van der Waals surface area contributed by atoms with E-state index in [1.165, 1.54) is 0 Å². The summed E-state index contributed by atoms with van der Waals surface area (Å²) in [6.45, 7) is 1.68. The molecule has 3 rings (SSSR count). The second-order valence-electron chi connectivity index (χ2n) is 3.89. The molecule has 0 bridgehead atoms. The number of carbonyl (C=O) groups excluding carboxylic acids is 1. The van der Waals surface area contributed by atoms with Crippen molar-refractivity contribution in [1.29, 1.82) is 0 Å². The highest BCUT2D eigenvalue weighted by atomic mass is 16.2. The predicted molar refractivity (Wildman–Crippen MR) is 60.1 cm³/mol. The third kappa shape index (κ3) is 1.43. The smallest absolute Gasteiger partial charge is 0.274 e. The summed E-state index contributed by atoms with van der Waals surface area (Å²) < 4.78 is 0. The van der Waals surface area contributed by atoms with Crippen molar-refractivity contribution in [2.75, 3.05) is 13.1 Å². The number of para-hydroxylation sites is 2. The number of aromatic nitrogens is 2. The summed E-state index contributed by atoms with van der Waals surface area (Å²) in [5, 5.41) is 0. The van der Waals surface area contributed by atoms with Gasteiger partial charge in [-0.05, 0) is 18.6 Å². The van der Waals surface area contributed by atoms with Gasteiger partial charge in [-0.2, -0.15) is 0 Å². The Balaban J connectivity index is 2.01. The van der Waals surface area contributed by atoms with Crippen LogP contribution in [-0.4, -0.2) is 33.9 Å². The SMILES string of the molecule is O=C(c1cnc2ccccc2n1)N1CCC1. The lowest BCUT2D eigenvalue weighted by Gasteiger charge is -2.30. The van der Waals surface area contributed by atoms with Crippen molar-refractivity contribution < 1.29 is 4.79 Å². The summed E-state index contributed by atoms with van der Waals surface area (Å²) in [5.41, 5.74) is 2.04. The van der Waals surface area contributed by atoms with Crippen LogP contribution in [0.25, 0.3) is 11.0 Å². The van der Waals surface area contributed by atoms with Crippen molar-refractivity contribution in [3.8, 4) is 0 Å². The Morgan fingerprint density at radius 1 is 1.19 bits per heavy atom. The van der Waals surface area contributed by atoms with Gasteiger partial charge in [0.15, 0.2) is 0 Å². The van der Waals surface area contributed by atoms with Gasteiger partial charge in [0.25, 0.3) is 5.91 Å². The Hall–Kier alpha value is -1.97. The van der Waals surface area contributed by atoms with E-state index in [4.69, 9.17) is 0 Å². The molecule has 0 atom stereocenters. The van der Waals surface area contributed by atoms with Crippen molar-refractivity contribution in [3.63, 3.8) is 0 Å². The molecule has 1 saturated heterocycles. The lowest BCUT2D eigenvalue weighted by atomic mass is 10.2. The van der Waals surface area contributed by atoms with Crippen LogP contribution < -0.4 is 0 Å². The first-order valence-corrected chi connectivity index (χ1v) is 5.36. The fraction of sp³-hybridized carbons (Fsp3) is 0.250. The normalized spacial score (nSPS) is 14.9. The van der Waals surface area contributed by atoms with Crippen molar-refractivity contribution in [2.24, 2.45) is 0 Å². The van der Waals surface area contributed by atoms with Gasteiger partial charge in [0.2, 0.25) is 0 Å². The largest absolute Gasteiger partial charge is 0.337 e. The number of carbonyl (C=O) groups is 1. The molecular formula is C12H11N3O. The molecular weight excluding hydrogens is 202 g/mol. The molecule has 16 heavy (non-hydrogen) atoms. The Labute approximate surface area is 92.9 Å². The summed E-state index contributed by atoms with van der Waals surface area (Å²) in [4.78, 5) is 22.2. The Morgan fingerprint density at radius 3 is 2.62 bits per heavy atom. The van der Waals surface area contributed by atoms with Crippen LogP contribution >= 0.6 is 0 Å². The predicted octanol–water partition coefficient (Wildman–Crippen LogP) is 1.48. The van der Waals surface area contributed by atoms with Gasteiger partial charge in [-0.3, -0.25) is 9.78 Å². The Bertz CT molecular complexity index is 549. The molecule has 2 aromatic rings. The molecule has 80 valence electrons. The molecule has 1 aromatic heterocycles. The zero-order valence-electron chi connectivity index (χ0n) is 8.76. The Kier molecular flexibility index (Phi) is 2.06. The zero-order valence-corrected chi connectivity index (χ0v) is 8.76. The van der Waals surface area contributed by atoms with E-state index in [0.29, 0.717) is 5.69 Å². The van der Waals surface area contributed by atoms with Gasteiger partial charge in [-0.1, -0.05) is 12.1 Å². The molecule has 0 saturated carbocycles.